The fraction of sp³-hybridized carbons (Fsp3) is 0.500. The zero-order valence-corrected chi connectivity index (χ0v) is 15.4. The molecule has 13 heteroatoms. The maximum absolute atomic E-state index is 10.1. The van der Waals surface area contributed by atoms with Crippen molar-refractivity contribution >= 4 is 17.9 Å². The quantitative estimate of drug-likeness (QED) is 0.283. The van der Waals surface area contributed by atoms with E-state index in [1.54, 1.807) is 0 Å². The van der Waals surface area contributed by atoms with E-state index in [1.165, 1.54) is 0 Å². The van der Waals surface area contributed by atoms with Gasteiger partial charge in [-0.05, 0) is 0 Å². The molecule has 0 aromatic carbocycles. The van der Waals surface area contributed by atoms with Gasteiger partial charge in [-0.25, -0.2) is 0 Å². The first-order valence-corrected chi connectivity index (χ1v) is 3.11. The predicted molar refractivity (Wildman–Crippen MR) is 29.2 cm³/mol. The molecule has 0 aromatic heterocycles. The molecule has 0 saturated heterocycles. The topological polar surface area (TPSA) is 141 Å². The Labute approximate surface area is 187 Å². The Kier molecular flexibility index (Phi) is 45.5. The monoisotopic (exact) mass is 699 g/mol. The molecule has 0 aliphatic carbocycles. The molecule has 0 aliphatic rings. The van der Waals surface area contributed by atoms with Crippen molar-refractivity contribution in [3.63, 3.8) is 0 Å². The molecule has 0 bridgehead atoms. The molecule has 0 atom stereocenters. The van der Waals surface area contributed by atoms with Crippen molar-refractivity contribution in [3.8, 4) is 0 Å². The number of hydrogen-bond acceptors (Lipinski definition) is 7. The summed E-state index contributed by atoms with van der Waals surface area (Å²) in [5, 5.41) is 38.9. The van der Waals surface area contributed by atoms with Crippen LogP contribution >= 0.6 is 0 Å². The van der Waals surface area contributed by atoms with Crippen LogP contribution in [0.25, 0.3) is 0 Å². The molecule has 0 saturated carbocycles. The van der Waals surface area contributed by atoms with Crippen LogP contribution in [-0.2, 0) is 133 Å². The number of carbonyl (C=O) groups excluding carboxylic acids is 3. The van der Waals surface area contributed by atoms with Gasteiger partial charge >= 0.3 is 67.1 Å². The van der Waals surface area contributed by atoms with Crippen LogP contribution in [0.1, 0.15) is 12.8 Å². The van der Waals surface area contributed by atoms with Crippen molar-refractivity contribution in [2.75, 3.05) is 0 Å². The third kappa shape index (κ3) is 20.1. The summed E-state index contributed by atoms with van der Waals surface area (Å²) in [4.78, 5) is 30.0. The van der Waals surface area contributed by atoms with Gasteiger partial charge in [0.15, 0.2) is 0 Å². The molecule has 1 N–H and O–H groups in total. The van der Waals surface area contributed by atoms with E-state index in [2.05, 4.69) is 0 Å². The van der Waals surface area contributed by atoms with Crippen LogP contribution in [-0.4, -0.2) is 28.6 Å². The second kappa shape index (κ2) is 20.1. The van der Waals surface area contributed by atoms with Gasteiger partial charge in [0.1, 0.15) is 5.60 Å². The van der Waals surface area contributed by atoms with E-state index >= 15 is 0 Å². The molecule has 137 valence electrons. The van der Waals surface area contributed by atoms with E-state index in [9.17, 15) is 29.7 Å². The summed E-state index contributed by atoms with van der Waals surface area (Å²) in [7, 11) is 0. The summed E-state index contributed by atoms with van der Waals surface area (Å²) < 4.78 is 0. The van der Waals surface area contributed by atoms with E-state index in [1.807, 2.05) is 0 Å². The van der Waals surface area contributed by atoms with Crippen LogP contribution in [0.5, 0.6) is 0 Å². The van der Waals surface area contributed by atoms with Crippen molar-refractivity contribution in [1.82, 2.24) is 0 Å². The Balaban J connectivity index is -0.0000000480. The summed E-state index contributed by atoms with van der Waals surface area (Å²) in [6.45, 7) is 0. The van der Waals surface area contributed by atoms with E-state index in [0.717, 1.165) is 0 Å². The Morgan fingerprint density at radius 1 is 0.789 bits per heavy atom. The second-order valence-corrected chi connectivity index (χ2v) is 2.42. The Morgan fingerprint density at radius 2 is 1.00 bits per heavy atom. The predicted octanol–water partition coefficient (Wildman–Crippen LogP) is -5.27. The molecule has 7 nitrogen and oxygen atoms in total. The molecular weight excluding hydrogens is 698 g/mol. The molecule has 3 radical (unpaired) electrons. The summed E-state index contributed by atoms with van der Waals surface area (Å²) in [5.74, 6) is -5.98. The fourth-order valence-electron chi connectivity index (χ4n) is 0.684. The molecule has 0 aromatic rings. The molecule has 0 rings (SSSR count). The van der Waals surface area contributed by atoms with Crippen LogP contribution in [0.2, 0.25) is 0 Å². The average molecular weight is 703 g/mol. The molecule has 0 heterocycles. The maximum atomic E-state index is 10.1. The molecule has 0 aliphatic heterocycles. The van der Waals surface area contributed by atoms with Crippen molar-refractivity contribution in [2.24, 2.45) is 0 Å². The van der Waals surface area contributed by atoms with Gasteiger partial charge in [-0.2, -0.15) is 0 Å². The number of rotatable bonds is 5. The minimum Gasteiger partial charge on any atom is -0.550 e. The molecule has 0 spiro atoms. The summed E-state index contributed by atoms with van der Waals surface area (Å²) in [6.07, 6.45) is -2.72. The third-order valence-corrected chi connectivity index (χ3v) is 1.25. The van der Waals surface area contributed by atoms with Gasteiger partial charge in [-0.1, -0.05) is 0 Å². The number of carboxylic acids is 3. The normalized spacial score (nSPS) is 7.42. The number of aliphatic hydroxyl groups is 1. The van der Waals surface area contributed by atoms with E-state index in [0.29, 0.717) is 0 Å². The van der Waals surface area contributed by atoms with Crippen LogP contribution in [0.4, 0.5) is 0 Å². The van der Waals surface area contributed by atoms with Crippen LogP contribution < -0.4 is 15.3 Å². The van der Waals surface area contributed by atoms with Crippen molar-refractivity contribution < 1.29 is 153 Å². The number of carbonyl (C=O) groups is 3. The Hall–Kier alpha value is 2.15. The van der Waals surface area contributed by atoms with Gasteiger partial charge < -0.3 is 34.8 Å². The molecule has 0 unspecified atom stereocenters. The summed E-state index contributed by atoms with van der Waals surface area (Å²) in [6, 6.07) is 0. The zero-order valence-electron chi connectivity index (χ0n) is 8.12. The van der Waals surface area contributed by atoms with Crippen molar-refractivity contribution in [3.05, 3.63) is 0 Å². The van der Waals surface area contributed by atoms with Crippen LogP contribution in [0.15, 0.2) is 0 Å². The maximum Gasteiger partial charge on any atom is 1.00 e. The second-order valence-electron chi connectivity index (χ2n) is 2.42. The van der Waals surface area contributed by atoms with Crippen molar-refractivity contribution in [2.45, 2.75) is 18.4 Å². The minimum atomic E-state index is -2.97. The van der Waals surface area contributed by atoms with Gasteiger partial charge in [0.2, 0.25) is 0 Å². The fourth-order valence-corrected chi connectivity index (χ4v) is 0.684. The number of hydrogen-bond donors (Lipinski definition) is 1. The Morgan fingerprint density at radius 3 is 1.11 bits per heavy atom. The summed E-state index contributed by atoms with van der Waals surface area (Å²) in [5.41, 5.74) is -2.97. The van der Waals surface area contributed by atoms with E-state index < -0.39 is 36.4 Å². The third-order valence-electron chi connectivity index (χ3n) is 1.25. The van der Waals surface area contributed by atoms with Gasteiger partial charge in [-0.3, -0.25) is 0 Å². The first-order chi connectivity index (χ1) is 5.78. The molecule has 0 fully saturated rings. The minimum absolute atomic E-state index is 0. The van der Waals surface area contributed by atoms with Crippen molar-refractivity contribution in [1.29, 1.82) is 0 Å². The first-order valence-electron chi connectivity index (χ1n) is 3.11. The smallest absolute Gasteiger partial charge is 0.550 e. The molecule has 0 amide bonds. The first kappa shape index (κ1) is 42.9. The van der Waals surface area contributed by atoms with Gasteiger partial charge in [0.25, 0.3) is 0 Å². The van der Waals surface area contributed by atoms with Gasteiger partial charge in [-0.15, -0.1) is 0 Å². The number of aliphatic carboxylic acids is 3. The van der Waals surface area contributed by atoms with Gasteiger partial charge in [0.05, 0.1) is 5.97 Å². The molecule has 19 heavy (non-hydrogen) atoms. The SMILES string of the molecule is O=C([O-])CC(O)(CC(=O)[O-])C(=O)[O-].[Ag+].[Ag+].[Ag+].[Cu].[Cu].[Cu]. The standard InChI is InChI=1S/C6H8O7.3Ag.3Cu/c7-3(8)1-6(13,5(11)12)2-4(9)10;;;;;;/h13H,1-2H2,(H,7,8)(H,9,10)(H,11,12);;;;;;/q;3*+1;;;/p-3. The van der Waals surface area contributed by atoms with E-state index in [4.69, 9.17) is 5.11 Å². The number of carboxylic acid groups (broad SMARTS) is 3. The molecular formula is C6H5Ag3Cu3O7. The van der Waals surface area contributed by atoms with Crippen LogP contribution in [0, 0.1) is 0 Å². The average Bonchev–Trinajstić information content (AvgIpc) is 1.82. The largest absolute Gasteiger partial charge is 1.00 e. The Bertz CT molecular complexity index is 250. The zero-order chi connectivity index (χ0) is 10.6. The van der Waals surface area contributed by atoms with Crippen LogP contribution in [0.3, 0.4) is 0 Å². The van der Waals surface area contributed by atoms with E-state index in [-0.39, 0.29) is 118 Å². The summed E-state index contributed by atoms with van der Waals surface area (Å²) >= 11 is 0. The van der Waals surface area contributed by atoms with Gasteiger partial charge in [0, 0.05) is 76.0 Å².